The lowest BCUT2D eigenvalue weighted by atomic mass is 10.2. The molecule has 0 aliphatic carbocycles. The molecule has 1 atom stereocenters. The number of nitrogens with zero attached hydrogens (tertiary/aromatic N) is 2. The van der Waals surface area contributed by atoms with Crippen molar-refractivity contribution in [3.05, 3.63) is 60.1 Å². The Morgan fingerprint density at radius 1 is 1.11 bits per heavy atom. The van der Waals surface area contributed by atoms with E-state index >= 15 is 0 Å². The Hall–Kier alpha value is -2.60. The summed E-state index contributed by atoms with van der Waals surface area (Å²) in [7, 11) is 0. The van der Waals surface area contributed by atoms with Gasteiger partial charge in [-0.15, -0.1) is 0 Å². The van der Waals surface area contributed by atoms with Gasteiger partial charge in [0.1, 0.15) is 12.3 Å². The van der Waals surface area contributed by atoms with Crippen LogP contribution in [0.25, 0.3) is 0 Å². The van der Waals surface area contributed by atoms with Crippen LogP contribution in [0, 0.1) is 0 Å². The third kappa shape index (κ3) is 5.45. The third-order valence-corrected chi connectivity index (χ3v) is 4.86. The molecule has 1 saturated heterocycles. The minimum Gasteiger partial charge on any atom is -0.467 e. The zero-order valence-electron chi connectivity index (χ0n) is 16.4. The van der Waals surface area contributed by atoms with Gasteiger partial charge in [0.25, 0.3) is 5.91 Å². The van der Waals surface area contributed by atoms with Gasteiger partial charge in [0, 0.05) is 25.3 Å². The highest BCUT2D eigenvalue weighted by Crippen LogP contribution is 2.16. The molecule has 0 radical (unpaired) electrons. The maximum absolute atomic E-state index is 13.1. The summed E-state index contributed by atoms with van der Waals surface area (Å²) in [6.07, 6.45) is 4.40. The number of benzene rings is 1. The van der Waals surface area contributed by atoms with Gasteiger partial charge in [-0.3, -0.25) is 9.59 Å². The molecular formula is C22H28N2O4. The summed E-state index contributed by atoms with van der Waals surface area (Å²) >= 11 is 0. The van der Waals surface area contributed by atoms with Gasteiger partial charge in [0.2, 0.25) is 5.91 Å². The highest BCUT2D eigenvalue weighted by Gasteiger charge is 2.26. The fraction of sp³-hybridized carbons (Fsp3) is 0.455. The molecule has 1 aliphatic heterocycles. The minimum atomic E-state index is -0.120. The van der Waals surface area contributed by atoms with E-state index in [4.69, 9.17) is 9.15 Å². The van der Waals surface area contributed by atoms with Gasteiger partial charge in [-0.1, -0.05) is 25.1 Å². The molecule has 6 heteroatoms. The number of rotatable bonds is 9. The van der Waals surface area contributed by atoms with Crippen LogP contribution >= 0.6 is 0 Å². The smallest absolute Gasteiger partial charge is 0.254 e. The van der Waals surface area contributed by atoms with Crippen molar-refractivity contribution in [3.63, 3.8) is 0 Å². The Morgan fingerprint density at radius 3 is 2.57 bits per heavy atom. The lowest BCUT2D eigenvalue weighted by Crippen LogP contribution is -2.45. The molecule has 28 heavy (non-hydrogen) atoms. The van der Waals surface area contributed by atoms with Gasteiger partial charge >= 0.3 is 0 Å². The van der Waals surface area contributed by atoms with Crippen molar-refractivity contribution in [3.8, 4) is 0 Å². The topological polar surface area (TPSA) is 63.0 Å². The molecule has 0 bridgehead atoms. The zero-order valence-corrected chi connectivity index (χ0v) is 16.4. The van der Waals surface area contributed by atoms with Crippen LogP contribution < -0.4 is 0 Å². The average Bonchev–Trinajstić information content (AvgIpc) is 3.41. The van der Waals surface area contributed by atoms with Crippen LogP contribution in [0.4, 0.5) is 0 Å². The molecule has 0 saturated carbocycles. The molecule has 2 heterocycles. The molecule has 1 aromatic heterocycles. The second kappa shape index (κ2) is 10.1. The Balaban J connectivity index is 1.70. The van der Waals surface area contributed by atoms with Gasteiger partial charge in [-0.05, 0) is 43.5 Å². The largest absolute Gasteiger partial charge is 0.467 e. The van der Waals surface area contributed by atoms with E-state index in [1.807, 2.05) is 37.3 Å². The molecule has 1 fully saturated rings. The molecule has 1 aliphatic rings. The van der Waals surface area contributed by atoms with E-state index in [2.05, 4.69) is 0 Å². The first-order chi connectivity index (χ1) is 13.7. The molecule has 1 aromatic carbocycles. The zero-order chi connectivity index (χ0) is 19.8. The van der Waals surface area contributed by atoms with E-state index in [1.165, 1.54) is 0 Å². The normalized spacial score (nSPS) is 16.1. The Labute approximate surface area is 166 Å². The van der Waals surface area contributed by atoms with Crippen molar-refractivity contribution in [2.24, 2.45) is 0 Å². The summed E-state index contributed by atoms with van der Waals surface area (Å²) in [5, 5.41) is 0. The Kier molecular flexibility index (Phi) is 7.25. The van der Waals surface area contributed by atoms with Gasteiger partial charge in [0.15, 0.2) is 0 Å². The van der Waals surface area contributed by atoms with E-state index in [-0.39, 0.29) is 24.5 Å². The van der Waals surface area contributed by atoms with Crippen molar-refractivity contribution in [2.75, 3.05) is 26.2 Å². The number of hydrogen-bond acceptors (Lipinski definition) is 4. The lowest BCUT2D eigenvalue weighted by molar-refractivity contribution is -0.134. The van der Waals surface area contributed by atoms with E-state index in [9.17, 15) is 9.59 Å². The number of amides is 2. The SMILES string of the molecule is CCCN(CC(=O)N(Cc1ccco1)C[C@@H]1CCCO1)C(=O)c1ccccc1. The number of ether oxygens (including phenoxy) is 1. The molecule has 150 valence electrons. The van der Waals surface area contributed by atoms with Crippen LogP contribution in [-0.4, -0.2) is 54.0 Å². The summed E-state index contributed by atoms with van der Waals surface area (Å²) < 4.78 is 11.1. The molecule has 0 spiro atoms. The fourth-order valence-electron chi connectivity index (χ4n) is 3.43. The molecule has 2 aromatic rings. The van der Waals surface area contributed by atoms with E-state index in [0.717, 1.165) is 31.6 Å². The number of furan rings is 1. The molecule has 3 rings (SSSR count). The van der Waals surface area contributed by atoms with E-state index in [1.54, 1.807) is 28.2 Å². The van der Waals surface area contributed by atoms with Crippen molar-refractivity contribution in [1.82, 2.24) is 9.80 Å². The summed E-state index contributed by atoms with van der Waals surface area (Å²) in [6.45, 7) is 4.22. The summed E-state index contributed by atoms with van der Waals surface area (Å²) in [5.74, 6) is 0.512. The number of carbonyl (C=O) groups excluding carboxylic acids is 2. The Morgan fingerprint density at radius 2 is 1.93 bits per heavy atom. The Bertz CT molecular complexity index is 739. The summed E-state index contributed by atoms with van der Waals surface area (Å²) in [4.78, 5) is 29.4. The first kappa shape index (κ1) is 20.1. The highest BCUT2D eigenvalue weighted by atomic mass is 16.5. The third-order valence-electron chi connectivity index (χ3n) is 4.86. The van der Waals surface area contributed by atoms with Gasteiger partial charge in [-0.2, -0.15) is 0 Å². The second-order valence-electron chi connectivity index (χ2n) is 7.08. The molecule has 6 nitrogen and oxygen atoms in total. The van der Waals surface area contributed by atoms with Crippen molar-refractivity contribution in [1.29, 1.82) is 0 Å². The van der Waals surface area contributed by atoms with Gasteiger partial charge in [-0.25, -0.2) is 0 Å². The van der Waals surface area contributed by atoms with Crippen molar-refractivity contribution in [2.45, 2.75) is 38.8 Å². The quantitative estimate of drug-likeness (QED) is 0.665. The van der Waals surface area contributed by atoms with Crippen LogP contribution in [0.2, 0.25) is 0 Å². The first-order valence-corrected chi connectivity index (χ1v) is 9.93. The van der Waals surface area contributed by atoms with Gasteiger partial charge in [0.05, 0.1) is 18.9 Å². The number of hydrogen-bond donors (Lipinski definition) is 0. The molecule has 2 amide bonds. The van der Waals surface area contributed by atoms with Crippen molar-refractivity contribution >= 4 is 11.8 Å². The summed E-state index contributed by atoms with van der Waals surface area (Å²) in [6, 6.07) is 12.8. The van der Waals surface area contributed by atoms with Crippen LogP contribution in [0.1, 0.15) is 42.3 Å². The second-order valence-corrected chi connectivity index (χ2v) is 7.08. The highest BCUT2D eigenvalue weighted by molar-refractivity contribution is 5.96. The molecule has 0 unspecified atom stereocenters. The molecular weight excluding hydrogens is 356 g/mol. The minimum absolute atomic E-state index is 0.0448. The van der Waals surface area contributed by atoms with Crippen LogP contribution in [0.3, 0.4) is 0 Å². The van der Waals surface area contributed by atoms with E-state index in [0.29, 0.717) is 25.2 Å². The lowest BCUT2D eigenvalue weighted by Gasteiger charge is -2.28. The molecule has 0 N–H and O–H groups in total. The average molecular weight is 384 g/mol. The maximum atomic E-state index is 13.1. The van der Waals surface area contributed by atoms with Gasteiger partial charge < -0.3 is 19.0 Å². The fourth-order valence-corrected chi connectivity index (χ4v) is 3.43. The first-order valence-electron chi connectivity index (χ1n) is 9.93. The number of carbonyl (C=O) groups is 2. The van der Waals surface area contributed by atoms with Crippen LogP contribution in [0.15, 0.2) is 53.1 Å². The maximum Gasteiger partial charge on any atom is 0.254 e. The predicted molar refractivity (Wildman–Crippen MR) is 106 cm³/mol. The summed E-state index contributed by atoms with van der Waals surface area (Å²) in [5.41, 5.74) is 0.598. The predicted octanol–water partition coefficient (Wildman–Crippen LogP) is 3.34. The van der Waals surface area contributed by atoms with Crippen LogP contribution in [0.5, 0.6) is 0 Å². The van der Waals surface area contributed by atoms with Crippen LogP contribution in [-0.2, 0) is 16.1 Å². The van der Waals surface area contributed by atoms with E-state index < -0.39 is 0 Å². The monoisotopic (exact) mass is 384 g/mol. The standard InChI is InChI=1S/C22H28N2O4/c1-2-12-23(22(26)18-8-4-3-5-9-18)17-21(25)24(15-19-10-6-13-27-19)16-20-11-7-14-28-20/h3-6,8-10,13,20H,2,7,11-12,14-17H2,1H3/t20-/m0/s1. The van der Waals surface area contributed by atoms with Crippen molar-refractivity contribution < 1.29 is 18.7 Å².